The molecule has 0 aliphatic carbocycles. The van der Waals surface area contributed by atoms with Crippen molar-refractivity contribution < 1.29 is 14.2 Å². The molecule has 0 aliphatic heterocycles. The molecular weight excluding hydrogens is 256 g/mol. The van der Waals surface area contributed by atoms with Crippen LogP contribution in [0.15, 0.2) is 12.1 Å². The molecule has 0 saturated heterocycles. The summed E-state index contributed by atoms with van der Waals surface area (Å²) in [5, 5.41) is 3.63. The maximum atomic E-state index is 6.00. The van der Waals surface area contributed by atoms with E-state index in [-0.39, 0.29) is 0 Å². The van der Waals surface area contributed by atoms with E-state index in [0.717, 1.165) is 5.69 Å². The summed E-state index contributed by atoms with van der Waals surface area (Å²) >= 11 is 6.00. The van der Waals surface area contributed by atoms with Gasteiger partial charge in [-0.3, -0.25) is 0 Å². The van der Waals surface area contributed by atoms with Gasteiger partial charge in [0, 0.05) is 19.7 Å². The molecule has 5 nitrogen and oxygen atoms in total. The highest BCUT2D eigenvalue weighted by Crippen LogP contribution is 2.17. The van der Waals surface area contributed by atoms with Crippen molar-refractivity contribution in [2.75, 3.05) is 40.6 Å². The Hall–Kier alpha value is -0.880. The van der Waals surface area contributed by atoms with Gasteiger partial charge in [-0.2, -0.15) is 0 Å². The number of methoxy groups -OCH3 is 1. The second kappa shape index (κ2) is 9.10. The van der Waals surface area contributed by atoms with E-state index < -0.39 is 0 Å². The van der Waals surface area contributed by atoms with Crippen LogP contribution in [0, 0.1) is 0 Å². The van der Waals surface area contributed by atoms with Crippen LogP contribution in [0.4, 0.5) is 0 Å². The molecule has 1 aromatic heterocycles. The van der Waals surface area contributed by atoms with Gasteiger partial charge in [-0.25, -0.2) is 4.98 Å². The van der Waals surface area contributed by atoms with Gasteiger partial charge in [-0.1, -0.05) is 11.6 Å². The normalized spacial score (nSPS) is 10.6. The SMILES string of the molecule is CNCc1nc(OCCOCCOC)ccc1Cl. The molecule has 0 aromatic carbocycles. The lowest BCUT2D eigenvalue weighted by Gasteiger charge is -2.08. The van der Waals surface area contributed by atoms with Crippen molar-refractivity contribution in [2.24, 2.45) is 0 Å². The molecule has 0 amide bonds. The van der Waals surface area contributed by atoms with Gasteiger partial charge in [-0.15, -0.1) is 0 Å². The number of nitrogens with one attached hydrogen (secondary N) is 1. The van der Waals surface area contributed by atoms with Gasteiger partial charge in [0.2, 0.25) is 5.88 Å². The van der Waals surface area contributed by atoms with Crippen LogP contribution in [-0.4, -0.2) is 45.6 Å². The zero-order valence-electron chi connectivity index (χ0n) is 10.7. The lowest BCUT2D eigenvalue weighted by atomic mass is 10.3. The molecule has 0 spiro atoms. The molecule has 6 heteroatoms. The number of hydrogen-bond acceptors (Lipinski definition) is 5. The number of ether oxygens (including phenoxy) is 3. The first kappa shape index (κ1) is 15.2. The standard InChI is InChI=1S/C12H19ClN2O3/c1-14-9-11-10(13)3-4-12(15-11)18-8-7-17-6-5-16-2/h3-4,14H,5-9H2,1-2H3. The van der Waals surface area contributed by atoms with Gasteiger partial charge in [0.25, 0.3) is 0 Å². The van der Waals surface area contributed by atoms with Gasteiger partial charge in [0.15, 0.2) is 0 Å². The maximum Gasteiger partial charge on any atom is 0.213 e. The first-order valence-corrected chi connectivity index (χ1v) is 6.15. The highest BCUT2D eigenvalue weighted by atomic mass is 35.5. The van der Waals surface area contributed by atoms with Gasteiger partial charge >= 0.3 is 0 Å². The molecule has 0 saturated carbocycles. The summed E-state index contributed by atoms with van der Waals surface area (Å²) in [5.74, 6) is 0.556. The molecule has 18 heavy (non-hydrogen) atoms. The highest BCUT2D eigenvalue weighted by Gasteiger charge is 2.03. The number of aromatic nitrogens is 1. The van der Waals surface area contributed by atoms with Crippen molar-refractivity contribution in [1.82, 2.24) is 10.3 Å². The maximum absolute atomic E-state index is 6.00. The number of pyridine rings is 1. The number of rotatable bonds is 9. The van der Waals surface area contributed by atoms with E-state index in [4.69, 9.17) is 25.8 Å². The van der Waals surface area contributed by atoms with Crippen molar-refractivity contribution in [1.29, 1.82) is 0 Å². The Morgan fingerprint density at radius 1 is 1.22 bits per heavy atom. The van der Waals surface area contributed by atoms with Crippen molar-refractivity contribution in [2.45, 2.75) is 6.54 Å². The molecule has 0 atom stereocenters. The molecule has 1 N–H and O–H groups in total. The van der Waals surface area contributed by atoms with Gasteiger partial charge in [0.1, 0.15) is 6.61 Å². The summed E-state index contributed by atoms with van der Waals surface area (Å²) in [6.07, 6.45) is 0. The topological polar surface area (TPSA) is 52.6 Å². The summed E-state index contributed by atoms with van der Waals surface area (Å²) in [6.45, 7) is 2.73. The molecule has 102 valence electrons. The first-order valence-electron chi connectivity index (χ1n) is 5.77. The van der Waals surface area contributed by atoms with E-state index in [1.54, 1.807) is 19.2 Å². The molecule has 0 unspecified atom stereocenters. The minimum atomic E-state index is 0.456. The summed E-state index contributed by atoms with van der Waals surface area (Å²) in [6, 6.07) is 3.53. The van der Waals surface area contributed by atoms with E-state index in [9.17, 15) is 0 Å². The number of halogens is 1. The third kappa shape index (κ3) is 5.64. The molecule has 0 bridgehead atoms. The average Bonchev–Trinajstić information content (AvgIpc) is 2.37. The van der Waals surface area contributed by atoms with Crippen LogP contribution >= 0.6 is 11.6 Å². The van der Waals surface area contributed by atoms with Crippen LogP contribution in [0.5, 0.6) is 5.88 Å². The first-order chi connectivity index (χ1) is 8.77. The highest BCUT2D eigenvalue weighted by molar-refractivity contribution is 6.31. The zero-order valence-corrected chi connectivity index (χ0v) is 11.5. The Morgan fingerprint density at radius 2 is 2.00 bits per heavy atom. The quantitative estimate of drug-likeness (QED) is 0.692. The lowest BCUT2D eigenvalue weighted by molar-refractivity contribution is 0.0536. The van der Waals surface area contributed by atoms with Gasteiger partial charge in [0.05, 0.1) is 30.5 Å². The largest absolute Gasteiger partial charge is 0.475 e. The van der Waals surface area contributed by atoms with Gasteiger partial charge in [-0.05, 0) is 13.1 Å². The van der Waals surface area contributed by atoms with Crippen molar-refractivity contribution in [3.05, 3.63) is 22.8 Å². The van der Waals surface area contributed by atoms with Gasteiger partial charge < -0.3 is 19.5 Å². The molecule has 0 radical (unpaired) electrons. The minimum absolute atomic E-state index is 0.456. The third-order valence-electron chi connectivity index (χ3n) is 2.15. The van der Waals surface area contributed by atoms with E-state index in [1.807, 2.05) is 7.05 Å². The van der Waals surface area contributed by atoms with Crippen LogP contribution in [0.3, 0.4) is 0 Å². The lowest BCUT2D eigenvalue weighted by Crippen LogP contribution is -2.12. The molecule has 1 rings (SSSR count). The van der Waals surface area contributed by atoms with Crippen molar-refractivity contribution >= 4 is 11.6 Å². The molecule has 1 aromatic rings. The second-order valence-corrected chi connectivity index (χ2v) is 3.97. The Morgan fingerprint density at radius 3 is 2.72 bits per heavy atom. The Balaban J connectivity index is 2.31. The van der Waals surface area contributed by atoms with Crippen LogP contribution in [-0.2, 0) is 16.0 Å². The Labute approximate surface area is 112 Å². The van der Waals surface area contributed by atoms with Crippen LogP contribution < -0.4 is 10.1 Å². The predicted molar refractivity (Wildman–Crippen MR) is 70.2 cm³/mol. The van der Waals surface area contributed by atoms with Crippen molar-refractivity contribution in [3.8, 4) is 5.88 Å². The number of nitrogens with zero attached hydrogens (tertiary/aromatic N) is 1. The Bertz CT molecular complexity index is 350. The summed E-state index contributed by atoms with van der Waals surface area (Å²) < 4.78 is 15.6. The fourth-order valence-corrected chi connectivity index (χ4v) is 1.46. The second-order valence-electron chi connectivity index (χ2n) is 3.56. The van der Waals surface area contributed by atoms with E-state index in [2.05, 4.69) is 10.3 Å². The van der Waals surface area contributed by atoms with Crippen molar-refractivity contribution in [3.63, 3.8) is 0 Å². The summed E-state index contributed by atoms with van der Waals surface area (Å²) in [4.78, 5) is 4.30. The fraction of sp³-hybridized carbons (Fsp3) is 0.583. The zero-order chi connectivity index (χ0) is 13.2. The van der Waals surface area contributed by atoms with Crippen LogP contribution in [0.25, 0.3) is 0 Å². The van der Waals surface area contributed by atoms with E-state index in [0.29, 0.717) is 43.9 Å². The number of hydrogen-bond donors (Lipinski definition) is 1. The molecule has 0 aliphatic rings. The fourth-order valence-electron chi connectivity index (χ4n) is 1.29. The van der Waals surface area contributed by atoms with Crippen LogP contribution in [0.1, 0.15) is 5.69 Å². The molecule has 0 fully saturated rings. The summed E-state index contributed by atoms with van der Waals surface area (Å²) in [5.41, 5.74) is 0.775. The average molecular weight is 275 g/mol. The van der Waals surface area contributed by atoms with E-state index >= 15 is 0 Å². The third-order valence-corrected chi connectivity index (χ3v) is 2.49. The predicted octanol–water partition coefficient (Wildman–Crippen LogP) is 1.50. The molecule has 1 heterocycles. The molecular formula is C12H19ClN2O3. The smallest absolute Gasteiger partial charge is 0.213 e. The van der Waals surface area contributed by atoms with Crippen LogP contribution in [0.2, 0.25) is 5.02 Å². The minimum Gasteiger partial charge on any atom is -0.475 e. The van der Waals surface area contributed by atoms with E-state index in [1.165, 1.54) is 0 Å². The monoisotopic (exact) mass is 274 g/mol. The Kier molecular flexibility index (Phi) is 7.68. The summed E-state index contributed by atoms with van der Waals surface area (Å²) in [7, 11) is 3.48.